The summed E-state index contributed by atoms with van der Waals surface area (Å²) in [6, 6.07) is 3.06. The summed E-state index contributed by atoms with van der Waals surface area (Å²) in [4.78, 5) is 15.0. The number of hydrogen-bond donors (Lipinski definition) is 1. The molecule has 104 valence electrons. The van der Waals surface area contributed by atoms with E-state index in [0.717, 1.165) is 16.7 Å². The summed E-state index contributed by atoms with van der Waals surface area (Å²) in [6.45, 7) is 2.66. The van der Waals surface area contributed by atoms with Crippen LogP contribution in [-0.4, -0.2) is 22.2 Å². The molecule has 0 bridgehead atoms. The first-order chi connectivity index (χ1) is 9.19. The molecule has 1 aliphatic carbocycles. The van der Waals surface area contributed by atoms with E-state index in [4.69, 9.17) is 0 Å². The zero-order valence-corrected chi connectivity index (χ0v) is 11.9. The maximum Gasteiger partial charge on any atom is 0.275 e. The van der Waals surface area contributed by atoms with Crippen LogP contribution < -0.4 is 5.32 Å². The highest BCUT2D eigenvalue weighted by Crippen LogP contribution is 2.32. The Hall–Kier alpha value is -1.30. The van der Waals surface area contributed by atoms with E-state index in [-0.39, 0.29) is 10.6 Å². The number of hydrogen-bond acceptors (Lipinski definition) is 5. The van der Waals surface area contributed by atoms with Gasteiger partial charge in [-0.1, -0.05) is 12.8 Å². The molecule has 1 saturated carbocycles. The predicted octanol–water partition coefficient (Wildman–Crippen LogP) is 3.70. The number of thioether (sulfide) groups is 1. The highest BCUT2D eigenvalue weighted by molar-refractivity contribution is 7.99. The molecule has 0 spiro atoms. The Labute approximate surface area is 117 Å². The van der Waals surface area contributed by atoms with Crippen LogP contribution in [0.4, 0.5) is 11.5 Å². The van der Waals surface area contributed by atoms with Gasteiger partial charge in [-0.05, 0) is 25.7 Å². The second-order valence-electron chi connectivity index (χ2n) is 4.80. The van der Waals surface area contributed by atoms with Crippen molar-refractivity contribution in [3.8, 4) is 0 Å². The van der Waals surface area contributed by atoms with Gasteiger partial charge in [0.15, 0.2) is 0 Å². The summed E-state index contributed by atoms with van der Waals surface area (Å²) < 4.78 is 0. The van der Waals surface area contributed by atoms with E-state index in [1.54, 1.807) is 17.8 Å². The van der Waals surface area contributed by atoms with Gasteiger partial charge < -0.3 is 5.32 Å². The zero-order valence-electron chi connectivity index (χ0n) is 11.1. The van der Waals surface area contributed by atoms with Gasteiger partial charge in [-0.15, -0.1) is 11.8 Å². The van der Waals surface area contributed by atoms with Crippen molar-refractivity contribution in [2.75, 3.05) is 17.6 Å². The van der Waals surface area contributed by atoms with Gasteiger partial charge in [0.25, 0.3) is 5.69 Å². The second kappa shape index (κ2) is 6.75. The Morgan fingerprint density at radius 3 is 2.84 bits per heavy atom. The van der Waals surface area contributed by atoms with Crippen LogP contribution in [0.1, 0.15) is 32.6 Å². The quantitative estimate of drug-likeness (QED) is 0.489. The van der Waals surface area contributed by atoms with Gasteiger partial charge in [0.05, 0.1) is 11.0 Å². The topological polar surface area (TPSA) is 68.1 Å². The molecule has 0 radical (unpaired) electrons. The monoisotopic (exact) mass is 281 g/mol. The minimum absolute atomic E-state index is 0.111. The molecule has 0 aliphatic heterocycles. The molecule has 1 aromatic rings. The molecule has 1 N–H and O–H groups in total. The van der Waals surface area contributed by atoms with Crippen LogP contribution in [0.3, 0.4) is 0 Å². The Morgan fingerprint density at radius 1 is 1.47 bits per heavy atom. The molecular formula is C13H19N3O2S. The van der Waals surface area contributed by atoms with Crippen LogP contribution >= 0.6 is 11.8 Å². The fraction of sp³-hybridized carbons (Fsp3) is 0.615. The van der Waals surface area contributed by atoms with Crippen molar-refractivity contribution in [2.24, 2.45) is 5.92 Å². The van der Waals surface area contributed by atoms with Gasteiger partial charge in [-0.2, -0.15) is 0 Å². The van der Waals surface area contributed by atoms with Crippen molar-refractivity contribution in [2.45, 2.75) is 37.6 Å². The maximum atomic E-state index is 10.9. The van der Waals surface area contributed by atoms with Crippen molar-refractivity contribution in [1.82, 2.24) is 4.98 Å². The average molecular weight is 281 g/mol. The summed E-state index contributed by atoms with van der Waals surface area (Å²) in [5.41, 5.74) is 0.111. The average Bonchev–Trinajstić information content (AvgIpc) is 2.89. The summed E-state index contributed by atoms with van der Waals surface area (Å²) in [7, 11) is 0. The number of aromatic nitrogens is 1. The Morgan fingerprint density at radius 2 is 2.21 bits per heavy atom. The van der Waals surface area contributed by atoms with Gasteiger partial charge in [0, 0.05) is 18.4 Å². The summed E-state index contributed by atoms with van der Waals surface area (Å²) in [5.74, 6) is 2.35. The van der Waals surface area contributed by atoms with E-state index in [0.29, 0.717) is 12.4 Å². The molecule has 1 aromatic heterocycles. The molecule has 1 fully saturated rings. The van der Waals surface area contributed by atoms with Gasteiger partial charge >= 0.3 is 0 Å². The first-order valence-corrected chi connectivity index (χ1v) is 7.70. The summed E-state index contributed by atoms with van der Waals surface area (Å²) in [5, 5.41) is 14.7. The molecule has 19 heavy (non-hydrogen) atoms. The number of rotatable bonds is 6. The summed E-state index contributed by atoms with van der Waals surface area (Å²) >= 11 is 1.63. The Bertz CT molecular complexity index is 448. The third kappa shape index (κ3) is 4.09. The van der Waals surface area contributed by atoms with Crippen molar-refractivity contribution < 1.29 is 4.92 Å². The lowest BCUT2D eigenvalue weighted by molar-refractivity contribution is -0.385. The third-order valence-corrected chi connectivity index (χ3v) is 4.44. The van der Waals surface area contributed by atoms with E-state index >= 15 is 0 Å². The van der Waals surface area contributed by atoms with Crippen LogP contribution in [0.25, 0.3) is 0 Å². The molecule has 0 atom stereocenters. The van der Waals surface area contributed by atoms with E-state index in [1.165, 1.54) is 31.7 Å². The fourth-order valence-corrected chi connectivity index (χ4v) is 3.43. The van der Waals surface area contributed by atoms with Crippen molar-refractivity contribution >= 4 is 23.3 Å². The lowest BCUT2D eigenvalue weighted by atomic mass is 10.1. The molecular weight excluding hydrogens is 262 g/mol. The minimum atomic E-state index is -0.359. The lowest BCUT2D eigenvalue weighted by Crippen LogP contribution is -2.02. The molecule has 2 rings (SSSR count). The third-order valence-electron chi connectivity index (χ3n) is 3.30. The second-order valence-corrected chi connectivity index (χ2v) is 5.84. The Balaban J connectivity index is 2.06. The van der Waals surface area contributed by atoms with E-state index in [1.807, 2.05) is 6.92 Å². The first-order valence-electron chi connectivity index (χ1n) is 6.72. The lowest BCUT2D eigenvalue weighted by Gasteiger charge is -2.09. The van der Waals surface area contributed by atoms with Crippen molar-refractivity contribution in [3.05, 3.63) is 22.2 Å². The Kier molecular flexibility index (Phi) is 5.01. The maximum absolute atomic E-state index is 10.9. The molecule has 0 unspecified atom stereocenters. The van der Waals surface area contributed by atoms with Crippen LogP contribution in [0.15, 0.2) is 17.2 Å². The van der Waals surface area contributed by atoms with E-state index in [9.17, 15) is 10.1 Å². The molecule has 1 aliphatic rings. The fourth-order valence-electron chi connectivity index (χ4n) is 2.32. The molecule has 0 aromatic carbocycles. The van der Waals surface area contributed by atoms with Crippen LogP contribution in [0.5, 0.6) is 0 Å². The largest absolute Gasteiger partial charge is 0.370 e. The highest BCUT2D eigenvalue weighted by atomic mass is 32.2. The van der Waals surface area contributed by atoms with Gasteiger partial charge in [-0.3, -0.25) is 10.1 Å². The molecule has 0 amide bonds. The molecule has 5 nitrogen and oxygen atoms in total. The van der Waals surface area contributed by atoms with Crippen LogP contribution in [0.2, 0.25) is 0 Å². The molecule has 1 heterocycles. The smallest absolute Gasteiger partial charge is 0.275 e. The number of nitrogens with one attached hydrogen (secondary N) is 1. The molecule has 0 saturated heterocycles. The molecule has 6 heteroatoms. The highest BCUT2D eigenvalue weighted by Gasteiger charge is 2.17. The van der Waals surface area contributed by atoms with Crippen molar-refractivity contribution in [3.63, 3.8) is 0 Å². The number of nitro groups is 1. The predicted molar refractivity (Wildman–Crippen MR) is 77.7 cm³/mol. The SMILES string of the molecule is CCNc1cc([N+](=O)[O-])cc(SCC2CCCC2)n1. The summed E-state index contributed by atoms with van der Waals surface area (Å²) in [6.07, 6.45) is 5.19. The van der Waals surface area contributed by atoms with Gasteiger partial charge in [0.2, 0.25) is 0 Å². The minimum Gasteiger partial charge on any atom is -0.370 e. The van der Waals surface area contributed by atoms with Crippen LogP contribution in [-0.2, 0) is 0 Å². The van der Waals surface area contributed by atoms with Gasteiger partial charge in [0.1, 0.15) is 10.8 Å². The number of anilines is 1. The first kappa shape index (κ1) is 14.1. The van der Waals surface area contributed by atoms with Crippen LogP contribution in [0, 0.1) is 16.0 Å². The van der Waals surface area contributed by atoms with Crippen molar-refractivity contribution in [1.29, 1.82) is 0 Å². The van der Waals surface area contributed by atoms with E-state index < -0.39 is 0 Å². The standard InChI is InChI=1S/C13H19N3O2S/c1-2-14-12-7-11(16(17)18)8-13(15-12)19-9-10-5-3-4-6-10/h7-8,10H,2-6,9H2,1H3,(H,14,15). The van der Waals surface area contributed by atoms with Gasteiger partial charge in [-0.25, -0.2) is 4.98 Å². The van der Waals surface area contributed by atoms with E-state index in [2.05, 4.69) is 10.3 Å². The normalized spacial score (nSPS) is 15.6. The number of pyridine rings is 1. The number of nitrogens with zero attached hydrogens (tertiary/aromatic N) is 2. The zero-order chi connectivity index (χ0) is 13.7.